The van der Waals surface area contributed by atoms with Crippen LogP contribution >= 0.6 is 0 Å². The smallest absolute Gasteiger partial charge is 0.276 e. The number of aryl methyl sites for hydroxylation is 2. The predicted molar refractivity (Wildman–Crippen MR) is 83.4 cm³/mol. The summed E-state index contributed by atoms with van der Waals surface area (Å²) in [5.74, 6) is -1.60. The van der Waals surface area contributed by atoms with Gasteiger partial charge in [-0.15, -0.1) is 0 Å². The van der Waals surface area contributed by atoms with Gasteiger partial charge >= 0.3 is 0 Å². The van der Waals surface area contributed by atoms with E-state index in [-0.39, 0.29) is 5.75 Å². The standard InChI is InChI=1S/C17H17FN2O3/c1-11-7-8-12(2)13(9-11)17(22)20-19-16(21)10-23-15-6-4-3-5-14(15)18/h3-9H,10H2,1-2H3,(H,19,21)(H,20,22). The van der Waals surface area contributed by atoms with Crippen LogP contribution in [0.2, 0.25) is 0 Å². The highest BCUT2D eigenvalue weighted by Gasteiger charge is 2.11. The van der Waals surface area contributed by atoms with Crippen molar-refractivity contribution in [2.24, 2.45) is 0 Å². The first-order chi connectivity index (χ1) is 11.0. The summed E-state index contributed by atoms with van der Waals surface area (Å²) < 4.78 is 18.4. The molecular formula is C17H17FN2O3. The number of ether oxygens (including phenoxy) is 1. The van der Waals surface area contributed by atoms with Crippen molar-refractivity contribution in [2.45, 2.75) is 13.8 Å². The van der Waals surface area contributed by atoms with Crippen molar-refractivity contribution in [2.75, 3.05) is 6.61 Å². The van der Waals surface area contributed by atoms with Gasteiger partial charge in [0.2, 0.25) is 0 Å². The van der Waals surface area contributed by atoms with Crippen LogP contribution in [0.15, 0.2) is 42.5 Å². The van der Waals surface area contributed by atoms with Gasteiger partial charge in [0.05, 0.1) is 0 Å². The van der Waals surface area contributed by atoms with Crippen LogP contribution in [-0.2, 0) is 4.79 Å². The molecule has 0 aliphatic rings. The largest absolute Gasteiger partial charge is 0.481 e. The molecule has 0 heterocycles. The van der Waals surface area contributed by atoms with Crippen molar-refractivity contribution in [3.63, 3.8) is 0 Å². The second kappa shape index (κ2) is 7.40. The molecule has 0 saturated carbocycles. The lowest BCUT2D eigenvalue weighted by atomic mass is 10.1. The molecule has 6 heteroatoms. The van der Waals surface area contributed by atoms with E-state index in [2.05, 4.69) is 10.9 Å². The van der Waals surface area contributed by atoms with E-state index >= 15 is 0 Å². The van der Waals surface area contributed by atoms with E-state index in [0.29, 0.717) is 5.56 Å². The lowest BCUT2D eigenvalue weighted by molar-refractivity contribution is -0.123. The minimum Gasteiger partial charge on any atom is -0.481 e. The zero-order valence-corrected chi connectivity index (χ0v) is 12.9. The first-order valence-electron chi connectivity index (χ1n) is 7.01. The lowest BCUT2D eigenvalue weighted by Crippen LogP contribution is -2.44. The van der Waals surface area contributed by atoms with E-state index in [1.807, 2.05) is 19.1 Å². The summed E-state index contributed by atoms with van der Waals surface area (Å²) in [5, 5.41) is 0. The molecule has 2 amide bonds. The lowest BCUT2D eigenvalue weighted by Gasteiger charge is -2.11. The van der Waals surface area contributed by atoms with Gasteiger partial charge < -0.3 is 4.74 Å². The molecule has 2 N–H and O–H groups in total. The molecule has 0 spiro atoms. The van der Waals surface area contributed by atoms with Crippen LogP contribution < -0.4 is 15.6 Å². The van der Waals surface area contributed by atoms with Crippen molar-refractivity contribution in [1.29, 1.82) is 0 Å². The number of hydrazine groups is 1. The van der Waals surface area contributed by atoms with Crippen LogP contribution in [0.3, 0.4) is 0 Å². The predicted octanol–water partition coefficient (Wildman–Crippen LogP) is 2.28. The number of para-hydroxylation sites is 1. The van der Waals surface area contributed by atoms with Gasteiger partial charge in [0.15, 0.2) is 18.2 Å². The Balaban J connectivity index is 1.86. The number of amides is 2. The van der Waals surface area contributed by atoms with E-state index in [4.69, 9.17) is 4.74 Å². The van der Waals surface area contributed by atoms with Crippen LogP contribution in [0.5, 0.6) is 5.75 Å². The highest BCUT2D eigenvalue weighted by molar-refractivity contribution is 5.96. The number of carbonyl (C=O) groups excluding carboxylic acids is 2. The first kappa shape index (κ1) is 16.5. The molecule has 23 heavy (non-hydrogen) atoms. The number of benzene rings is 2. The maximum Gasteiger partial charge on any atom is 0.276 e. The van der Waals surface area contributed by atoms with E-state index in [1.165, 1.54) is 18.2 Å². The molecule has 0 aliphatic carbocycles. The number of halogens is 1. The van der Waals surface area contributed by atoms with Gasteiger partial charge in [-0.05, 0) is 37.6 Å². The summed E-state index contributed by atoms with van der Waals surface area (Å²) in [6, 6.07) is 11.2. The average molecular weight is 316 g/mol. The highest BCUT2D eigenvalue weighted by atomic mass is 19.1. The molecule has 120 valence electrons. The monoisotopic (exact) mass is 316 g/mol. The minimum absolute atomic E-state index is 0.0245. The quantitative estimate of drug-likeness (QED) is 0.851. The SMILES string of the molecule is Cc1ccc(C)c(C(=O)NNC(=O)COc2ccccc2F)c1. The summed E-state index contributed by atoms with van der Waals surface area (Å²) >= 11 is 0. The number of hydrogen-bond donors (Lipinski definition) is 2. The molecule has 0 unspecified atom stereocenters. The summed E-state index contributed by atoms with van der Waals surface area (Å²) in [7, 11) is 0. The third kappa shape index (κ3) is 4.54. The third-order valence-corrected chi connectivity index (χ3v) is 3.15. The Kier molecular flexibility index (Phi) is 5.30. The molecule has 0 aliphatic heterocycles. The first-order valence-corrected chi connectivity index (χ1v) is 7.01. The Morgan fingerprint density at radius 2 is 1.83 bits per heavy atom. The summed E-state index contributed by atoms with van der Waals surface area (Å²) in [4.78, 5) is 23.7. The Morgan fingerprint density at radius 1 is 1.09 bits per heavy atom. The fourth-order valence-corrected chi connectivity index (χ4v) is 1.92. The maximum absolute atomic E-state index is 13.3. The normalized spacial score (nSPS) is 10.0. The van der Waals surface area contributed by atoms with Gasteiger partial charge in [-0.1, -0.05) is 29.8 Å². The summed E-state index contributed by atoms with van der Waals surface area (Å²) in [6.45, 7) is 3.27. The molecular weight excluding hydrogens is 299 g/mol. The van der Waals surface area contributed by atoms with Crippen molar-refractivity contribution < 1.29 is 18.7 Å². The fraction of sp³-hybridized carbons (Fsp3) is 0.176. The van der Waals surface area contributed by atoms with Crippen molar-refractivity contribution in [3.05, 3.63) is 65.0 Å². The minimum atomic E-state index is -0.591. The molecule has 5 nitrogen and oxygen atoms in total. The molecule has 0 aromatic heterocycles. The van der Waals surface area contributed by atoms with Gasteiger partial charge in [0.1, 0.15) is 0 Å². The van der Waals surface area contributed by atoms with Crippen LogP contribution in [0.25, 0.3) is 0 Å². The van der Waals surface area contributed by atoms with E-state index in [9.17, 15) is 14.0 Å². The summed E-state index contributed by atoms with van der Waals surface area (Å²) in [5.41, 5.74) is 6.75. The van der Waals surface area contributed by atoms with Gasteiger partial charge in [-0.25, -0.2) is 4.39 Å². The fourth-order valence-electron chi connectivity index (χ4n) is 1.92. The Hall–Kier alpha value is -2.89. The molecule has 2 aromatic carbocycles. The van der Waals surface area contributed by atoms with Crippen molar-refractivity contribution >= 4 is 11.8 Å². The Morgan fingerprint density at radius 3 is 2.57 bits per heavy atom. The zero-order valence-electron chi connectivity index (χ0n) is 12.9. The average Bonchev–Trinajstić information content (AvgIpc) is 2.54. The van der Waals surface area contributed by atoms with E-state index < -0.39 is 24.2 Å². The summed E-state index contributed by atoms with van der Waals surface area (Å²) in [6.07, 6.45) is 0. The molecule has 0 radical (unpaired) electrons. The highest BCUT2D eigenvalue weighted by Crippen LogP contribution is 2.14. The maximum atomic E-state index is 13.3. The number of nitrogens with one attached hydrogen (secondary N) is 2. The van der Waals surface area contributed by atoms with Crippen molar-refractivity contribution in [3.8, 4) is 5.75 Å². The molecule has 2 aromatic rings. The zero-order chi connectivity index (χ0) is 16.8. The molecule has 0 fully saturated rings. The second-order valence-electron chi connectivity index (χ2n) is 5.04. The number of hydrogen-bond acceptors (Lipinski definition) is 3. The van der Waals surface area contributed by atoms with Crippen LogP contribution in [0.1, 0.15) is 21.5 Å². The van der Waals surface area contributed by atoms with Crippen LogP contribution in [0.4, 0.5) is 4.39 Å². The van der Waals surface area contributed by atoms with Gasteiger partial charge in [-0.2, -0.15) is 0 Å². The molecule has 0 bridgehead atoms. The van der Waals surface area contributed by atoms with Crippen LogP contribution in [0, 0.1) is 19.7 Å². The van der Waals surface area contributed by atoms with Gasteiger partial charge in [-0.3, -0.25) is 20.4 Å². The third-order valence-electron chi connectivity index (χ3n) is 3.15. The Bertz CT molecular complexity index is 732. The van der Waals surface area contributed by atoms with Gasteiger partial charge in [0, 0.05) is 5.56 Å². The number of carbonyl (C=O) groups is 2. The molecule has 0 atom stereocenters. The topological polar surface area (TPSA) is 67.4 Å². The second-order valence-corrected chi connectivity index (χ2v) is 5.04. The molecule has 0 saturated heterocycles. The van der Waals surface area contributed by atoms with E-state index in [1.54, 1.807) is 19.1 Å². The Labute approximate surface area is 133 Å². The number of rotatable bonds is 4. The van der Waals surface area contributed by atoms with Crippen LogP contribution in [-0.4, -0.2) is 18.4 Å². The van der Waals surface area contributed by atoms with Gasteiger partial charge in [0.25, 0.3) is 11.8 Å². The molecule has 2 rings (SSSR count). The van der Waals surface area contributed by atoms with E-state index in [0.717, 1.165) is 11.1 Å². The van der Waals surface area contributed by atoms with Crippen molar-refractivity contribution in [1.82, 2.24) is 10.9 Å².